The molecule has 0 aliphatic carbocycles. The summed E-state index contributed by atoms with van der Waals surface area (Å²) in [5, 5.41) is 14.4. The van der Waals surface area contributed by atoms with Crippen LogP contribution in [-0.2, 0) is 13.0 Å². The van der Waals surface area contributed by atoms with E-state index in [2.05, 4.69) is 32.8 Å². The highest BCUT2D eigenvalue weighted by Gasteiger charge is 2.25. The van der Waals surface area contributed by atoms with Gasteiger partial charge < -0.3 is 4.57 Å². The van der Waals surface area contributed by atoms with Gasteiger partial charge in [-0.15, -0.1) is 5.10 Å². The van der Waals surface area contributed by atoms with Crippen molar-refractivity contribution in [3.05, 3.63) is 147 Å². The first-order chi connectivity index (χ1) is 22.0. The van der Waals surface area contributed by atoms with Crippen LogP contribution >= 0.6 is 0 Å². The Bertz CT molecular complexity index is 2220. The first-order valence-corrected chi connectivity index (χ1v) is 14.8. The van der Waals surface area contributed by atoms with Crippen molar-refractivity contribution in [2.75, 3.05) is 0 Å². The third kappa shape index (κ3) is 4.96. The largest absolute Gasteiger partial charge is 0.337 e. The maximum atomic E-state index is 14.3. The van der Waals surface area contributed by atoms with Gasteiger partial charge in [-0.25, -0.2) is 19.4 Å². The first-order valence-electron chi connectivity index (χ1n) is 14.8. The van der Waals surface area contributed by atoms with Crippen LogP contribution in [0.1, 0.15) is 36.8 Å². The quantitative estimate of drug-likeness (QED) is 0.251. The van der Waals surface area contributed by atoms with Gasteiger partial charge in [0.15, 0.2) is 17.0 Å². The molecular weight excluding hydrogens is 564 g/mol. The molecule has 45 heavy (non-hydrogen) atoms. The second-order valence-corrected chi connectivity index (χ2v) is 10.8. The number of imidazole rings is 1. The maximum absolute atomic E-state index is 14.3. The molecule has 10 heteroatoms. The molecule has 10 nitrogen and oxygen atoms in total. The second kappa shape index (κ2) is 11.6. The Morgan fingerprint density at radius 1 is 0.800 bits per heavy atom. The summed E-state index contributed by atoms with van der Waals surface area (Å²) in [6.07, 6.45) is 0.587. The highest BCUT2D eigenvalue weighted by molar-refractivity contribution is 5.80. The molecule has 0 spiro atoms. The predicted octanol–water partition coefficient (Wildman–Crippen LogP) is 5.42. The van der Waals surface area contributed by atoms with Crippen LogP contribution in [0.2, 0.25) is 0 Å². The van der Waals surface area contributed by atoms with Crippen LogP contribution in [0, 0.1) is 0 Å². The zero-order valence-corrected chi connectivity index (χ0v) is 24.8. The molecule has 7 aromatic rings. The lowest BCUT2D eigenvalue weighted by Gasteiger charge is -2.18. The Balaban J connectivity index is 1.37. The molecule has 0 radical (unpaired) electrons. The van der Waals surface area contributed by atoms with E-state index in [0.717, 1.165) is 33.6 Å². The van der Waals surface area contributed by atoms with Gasteiger partial charge in [-0.1, -0.05) is 104 Å². The van der Waals surface area contributed by atoms with E-state index in [1.165, 1.54) is 4.57 Å². The number of fused-ring (bicyclic) bond motifs is 1. The molecule has 4 aromatic carbocycles. The fourth-order valence-corrected chi connectivity index (χ4v) is 5.92. The number of H-pyrrole nitrogens is 1. The van der Waals surface area contributed by atoms with Gasteiger partial charge in [0.25, 0.3) is 5.56 Å². The summed E-state index contributed by atoms with van der Waals surface area (Å²) >= 11 is 0. The highest BCUT2D eigenvalue weighted by Crippen LogP contribution is 2.30. The normalized spacial score (nSPS) is 12.0. The van der Waals surface area contributed by atoms with Crippen LogP contribution in [-0.4, -0.2) is 39.3 Å². The van der Waals surface area contributed by atoms with Gasteiger partial charge in [0.1, 0.15) is 5.82 Å². The summed E-state index contributed by atoms with van der Waals surface area (Å²) in [7, 11) is 0. The number of hydrogen-bond donors (Lipinski definition) is 1. The van der Waals surface area contributed by atoms with Crippen molar-refractivity contribution < 1.29 is 0 Å². The molecule has 3 aromatic heterocycles. The minimum Gasteiger partial charge on any atom is -0.318 e. The Labute approximate surface area is 258 Å². The van der Waals surface area contributed by atoms with Crippen molar-refractivity contribution in [1.82, 2.24) is 39.3 Å². The summed E-state index contributed by atoms with van der Waals surface area (Å²) in [4.78, 5) is 33.3. The monoisotopic (exact) mass is 594 g/mol. The molecule has 0 aliphatic heterocycles. The lowest BCUT2D eigenvalue weighted by Crippen LogP contribution is -2.40. The van der Waals surface area contributed by atoms with Gasteiger partial charge in [0, 0.05) is 18.5 Å². The predicted molar refractivity (Wildman–Crippen MR) is 173 cm³/mol. The van der Waals surface area contributed by atoms with Gasteiger partial charge in [-0.2, -0.15) is 0 Å². The number of hydrogen-bond acceptors (Lipinski definition) is 6. The third-order valence-electron chi connectivity index (χ3n) is 8.19. The lowest BCUT2D eigenvalue weighted by atomic mass is 9.98. The minimum atomic E-state index is -0.424. The number of nitrogens with zero attached hydrogens (tertiary/aromatic N) is 7. The number of rotatable bonds is 8. The summed E-state index contributed by atoms with van der Waals surface area (Å²) in [5.41, 5.74) is 5.32. The molecule has 0 fully saturated rings. The maximum Gasteiger partial charge on any atom is 0.337 e. The summed E-state index contributed by atoms with van der Waals surface area (Å²) < 4.78 is 4.86. The van der Waals surface area contributed by atoms with Crippen molar-refractivity contribution in [2.45, 2.75) is 32.9 Å². The Morgan fingerprint density at radius 3 is 2.13 bits per heavy atom. The number of nitrogens with one attached hydrogen (secondary N) is 1. The molecule has 7 rings (SSSR count). The van der Waals surface area contributed by atoms with Crippen LogP contribution in [0.3, 0.4) is 0 Å². The van der Waals surface area contributed by atoms with E-state index in [1.54, 1.807) is 16.7 Å². The Morgan fingerprint density at radius 2 is 1.47 bits per heavy atom. The summed E-state index contributed by atoms with van der Waals surface area (Å²) in [5.74, 6) is 1.33. The molecular formula is C35H30N8O2. The van der Waals surface area contributed by atoms with E-state index < -0.39 is 11.2 Å². The molecule has 1 N–H and O–H groups in total. The van der Waals surface area contributed by atoms with Crippen molar-refractivity contribution in [1.29, 1.82) is 0 Å². The molecule has 3 heterocycles. The van der Waals surface area contributed by atoms with Crippen molar-refractivity contribution in [3.8, 4) is 28.2 Å². The fraction of sp³-hybridized carbons (Fsp3) is 0.143. The molecule has 1 atom stereocenters. The smallest absolute Gasteiger partial charge is 0.318 e. The van der Waals surface area contributed by atoms with E-state index >= 15 is 0 Å². The van der Waals surface area contributed by atoms with E-state index in [1.807, 2.05) is 103 Å². The number of aryl methyl sites for hydroxylation is 1. The van der Waals surface area contributed by atoms with E-state index in [0.29, 0.717) is 35.6 Å². The standard InChI is InChI=1S/C35H30N8O2/c1-3-30-36-33-31(34(44)43(27-14-8-5-9-15-27)35(45)42(33)23(2)25-12-6-4-7-13-25)41(30)22-24-18-20-26(21-19-24)28-16-10-11-17-29(28)32-37-39-40-38-32/h4-21,23H,3,22H2,1-2H3,(H,37,38,39,40). The number of aromatic nitrogens is 8. The van der Waals surface area contributed by atoms with Crippen LogP contribution in [0.5, 0.6) is 0 Å². The average molecular weight is 595 g/mol. The van der Waals surface area contributed by atoms with E-state index in [4.69, 9.17) is 4.98 Å². The molecule has 0 aliphatic rings. The zero-order valence-electron chi connectivity index (χ0n) is 24.8. The average Bonchev–Trinajstić information content (AvgIpc) is 3.75. The van der Waals surface area contributed by atoms with E-state index in [9.17, 15) is 9.59 Å². The van der Waals surface area contributed by atoms with Crippen LogP contribution in [0.4, 0.5) is 0 Å². The SMILES string of the molecule is CCc1nc2c(c(=O)n(-c3ccccc3)c(=O)n2C(C)c2ccccc2)n1Cc1ccc(-c2ccccc2-c2nnn[nH]2)cc1. The van der Waals surface area contributed by atoms with Crippen LogP contribution in [0.25, 0.3) is 39.4 Å². The zero-order chi connectivity index (χ0) is 30.9. The number of tetrazole rings is 1. The number of benzene rings is 4. The molecule has 0 bridgehead atoms. The van der Waals surface area contributed by atoms with Gasteiger partial charge in [0.05, 0.1) is 11.7 Å². The topological polar surface area (TPSA) is 116 Å². The molecule has 222 valence electrons. The second-order valence-electron chi connectivity index (χ2n) is 10.8. The molecule has 0 amide bonds. The van der Waals surface area contributed by atoms with Crippen molar-refractivity contribution >= 4 is 11.2 Å². The fourth-order valence-electron chi connectivity index (χ4n) is 5.92. The minimum absolute atomic E-state index is 0.358. The van der Waals surface area contributed by atoms with Gasteiger partial charge in [-0.3, -0.25) is 9.36 Å². The first kappa shape index (κ1) is 27.9. The van der Waals surface area contributed by atoms with Crippen LogP contribution < -0.4 is 11.2 Å². The number of aromatic amines is 1. The summed E-state index contributed by atoms with van der Waals surface area (Å²) in [6, 6.07) is 34.7. The Hall–Kier alpha value is -5.90. The van der Waals surface area contributed by atoms with Crippen LogP contribution in [0.15, 0.2) is 119 Å². The molecule has 0 saturated heterocycles. The van der Waals surface area contributed by atoms with Crippen molar-refractivity contribution in [3.63, 3.8) is 0 Å². The molecule has 0 saturated carbocycles. The van der Waals surface area contributed by atoms with E-state index in [-0.39, 0.29) is 6.04 Å². The third-order valence-corrected chi connectivity index (χ3v) is 8.19. The van der Waals surface area contributed by atoms with Gasteiger partial charge in [-0.05, 0) is 51.7 Å². The van der Waals surface area contributed by atoms with Gasteiger partial charge >= 0.3 is 5.69 Å². The summed E-state index contributed by atoms with van der Waals surface area (Å²) in [6.45, 7) is 4.39. The number of para-hydroxylation sites is 1. The highest BCUT2D eigenvalue weighted by atomic mass is 16.2. The Kier molecular flexibility index (Phi) is 7.22. The van der Waals surface area contributed by atoms with Crippen molar-refractivity contribution in [2.24, 2.45) is 0 Å². The molecule has 1 unspecified atom stereocenters. The van der Waals surface area contributed by atoms with Gasteiger partial charge in [0.2, 0.25) is 0 Å². The lowest BCUT2D eigenvalue weighted by molar-refractivity contribution is 0.596.